The van der Waals surface area contributed by atoms with Gasteiger partial charge in [0.05, 0.1) is 11.9 Å². The summed E-state index contributed by atoms with van der Waals surface area (Å²) in [5, 5.41) is 5.18. The summed E-state index contributed by atoms with van der Waals surface area (Å²) in [6.07, 6.45) is 3.24. The molecular weight excluding hydrogens is 378 g/mol. The van der Waals surface area contributed by atoms with Crippen LogP contribution >= 0.6 is 0 Å². The fourth-order valence-corrected chi connectivity index (χ4v) is 4.21. The van der Waals surface area contributed by atoms with E-state index in [9.17, 15) is 18.0 Å². The van der Waals surface area contributed by atoms with Gasteiger partial charge in [0, 0.05) is 18.8 Å². The molecule has 0 saturated carbocycles. The Kier molecular flexibility index (Phi) is 5.99. The van der Waals surface area contributed by atoms with Crippen molar-refractivity contribution < 1.29 is 18.0 Å². The summed E-state index contributed by atoms with van der Waals surface area (Å²) in [7, 11) is -3.34. The number of fused-ring (bicyclic) bond motifs is 1. The first kappa shape index (κ1) is 19.9. The van der Waals surface area contributed by atoms with Crippen molar-refractivity contribution in [1.29, 1.82) is 0 Å². The minimum absolute atomic E-state index is 0.365. The molecule has 148 valence electrons. The molecule has 1 aliphatic rings. The Hall–Kier alpha value is -2.87. The number of anilines is 2. The van der Waals surface area contributed by atoms with Crippen LogP contribution in [0.2, 0.25) is 0 Å². The summed E-state index contributed by atoms with van der Waals surface area (Å²) in [6.45, 7) is 0.811. The summed E-state index contributed by atoms with van der Waals surface area (Å²) in [5.41, 5.74) is 3.00. The summed E-state index contributed by atoms with van der Waals surface area (Å²) in [5.74, 6) is -1.45. The Morgan fingerprint density at radius 2 is 1.82 bits per heavy atom. The van der Waals surface area contributed by atoms with Gasteiger partial charge in [-0.3, -0.25) is 13.9 Å². The van der Waals surface area contributed by atoms with E-state index in [1.807, 2.05) is 30.3 Å². The molecule has 0 unspecified atom stereocenters. The van der Waals surface area contributed by atoms with Crippen LogP contribution in [0.3, 0.4) is 0 Å². The highest BCUT2D eigenvalue weighted by atomic mass is 32.2. The first-order valence-corrected chi connectivity index (χ1v) is 10.9. The zero-order chi connectivity index (χ0) is 20.1. The minimum Gasteiger partial charge on any atom is -0.347 e. The van der Waals surface area contributed by atoms with Crippen LogP contribution in [0, 0.1) is 0 Å². The topological polar surface area (TPSA) is 95.6 Å². The van der Waals surface area contributed by atoms with Crippen LogP contribution < -0.4 is 14.9 Å². The van der Waals surface area contributed by atoms with E-state index in [-0.39, 0.29) is 0 Å². The lowest BCUT2D eigenvalue weighted by Gasteiger charge is -2.29. The van der Waals surface area contributed by atoms with Gasteiger partial charge < -0.3 is 10.6 Å². The molecule has 1 heterocycles. The lowest BCUT2D eigenvalue weighted by atomic mass is 10.0. The smallest absolute Gasteiger partial charge is 0.313 e. The minimum atomic E-state index is -3.34. The highest BCUT2D eigenvalue weighted by Crippen LogP contribution is 2.31. The molecule has 0 aliphatic carbocycles. The third kappa shape index (κ3) is 4.89. The van der Waals surface area contributed by atoms with Gasteiger partial charge in [0.1, 0.15) is 0 Å². The van der Waals surface area contributed by atoms with E-state index in [0.717, 1.165) is 11.1 Å². The second-order valence-corrected chi connectivity index (χ2v) is 8.63. The molecule has 0 bridgehead atoms. The van der Waals surface area contributed by atoms with E-state index in [0.29, 0.717) is 43.7 Å². The van der Waals surface area contributed by atoms with Gasteiger partial charge in [0.25, 0.3) is 0 Å². The van der Waals surface area contributed by atoms with Gasteiger partial charge in [0.2, 0.25) is 10.0 Å². The number of carbonyl (C=O) groups excluding carboxylic acids is 2. The molecule has 0 saturated heterocycles. The number of amides is 2. The Morgan fingerprint density at radius 3 is 2.54 bits per heavy atom. The average Bonchev–Trinajstić information content (AvgIpc) is 2.67. The number of hydrogen-bond acceptors (Lipinski definition) is 4. The van der Waals surface area contributed by atoms with Crippen molar-refractivity contribution in [3.63, 3.8) is 0 Å². The zero-order valence-electron chi connectivity index (χ0n) is 15.6. The Balaban J connectivity index is 1.59. The van der Waals surface area contributed by atoms with Crippen molar-refractivity contribution >= 4 is 33.2 Å². The number of rotatable bonds is 5. The second kappa shape index (κ2) is 8.43. The fraction of sp³-hybridized carbons (Fsp3) is 0.300. The number of benzene rings is 2. The average molecular weight is 401 g/mol. The normalized spacial score (nSPS) is 13.5. The molecular formula is C20H23N3O4S. The van der Waals surface area contributed by atoms with Crippen molar-refractivity contribution in [1.82, 2.24) is 5.32 Å². The van der Waals surface area contributed by atoms with E-state index in [1.54, 1.807) is 18.2 Å². The maximum Gasteiger partial charge on any atom is 0.313 e. The summed E-state index contributed by atoms with van der Waals surface area (Å²) in [4.78, 5) is 24.1. The molecule has 2 aromatic rings. The van der Waals surface area contributed by atoms with E-state index in [4.69, 9.17) is 0 Å². The molecule has 2 N–H and O–H groups in total. The Morgan fingerprint density at radius 1 is 1.07 bits per heavy atom. The highest BCUT2D eigenvalue weighted by molar-refractivity contribution is 7.92. The third-order valence-corrected chi connectivity index (χ3v) is 5.74. The summed E-state index contributed by atoms with van der Waals surface area (Å²) in [6, 6.07) is 14.7. The molecule has 2 amide bonds. The standard InChI is InChI=1S/C20H23N3O4S/c1-28(26,27)23-13-5-8-16-14-17(9-10-18(16)23)22-20(25)19(24)21-12-11-15-6-3-2-4-7-15/h2-4,6-7,9-10,14H,5,8,11-13H2,1H3,(H,21,24)(H,22,25). The van der Waals surface area contributed by atoms with E-state index in [2.05, 4.69) is 10.6 Å². The van der Waals surface area contributed by atoms with Crippen molar-refractivity contribution in [2.75, 3.05) is 29.0 Å². The third-order valence-electron chi connectivity index (χ3n) is 4.56. The van der Waals surface area contributed by atoms with Gasteiger partial charge in [-0.05, 0) is 48.6 Å². The predicted molar refractivity (Wildman–Crippen MR) is 109 cm³/mol. The van der Waals surface area contributed by atoms with Crippen molar-refractivity contribution in [2.45, 2.75) is 19.3 Å². The van der Waals surface area contributed by atoms with Gasteiger partial charge in [-0.2, -0.15) is 0 Å². The first-order valence-electron chi connectivity index (χ1n) is 9.08. The maximum atomic E-state index is 12.1. The molecule has 1 aliphatic heterocycles. The van der Waals surface area contributed by atoms with Gasteiger partial charge in [-0.15, -0.1) is 0 Å². The maximum absolute atomic E-state index is 12.1. The predicted octanol–water partition coefficient (Wildman–Crippen LogP) is 1.70. The van der Waals surface area contributed by atoms with Crippen LogP contribution in [0.1, 0.15) is 17.5 Å². The Bertz CT molecular complexity index is 974. The molecule has 28 heavy (non-hydrogen) atoms. The van der Waals surface area contributed by atoms with Crippen LogP contribution in [0.25, 0.3) is 0 Å². The SMILES string of the molecule is CS(=O)(=O)N1CCCc2cc(NC(=O)C(=O)NCCc3ccccc3)ccc21. The Labute approximate surface area is 164 Å². The van der Waals surface area contributed by atoms with Crippen molar-refractivity contribution in [3.05, 3.63) is 59.7 Å². The molecule has 0 atom stereocenters. The quantitative estimate of drug-likeness (QED) is 0.746. The van der Waals surface area contributed by atoms with Gasteiger partial charge in [-0.25, -0.2) is 8.42 Å². The van der Waals surface area contributed by atoms with Gasteiger partial charge >= 0.3 is 11.8 Å². The van der Waals surface area contributed by atoms with E-state index >= 15 is 0 Å². The van der Waals surface area contributed by atoms with Crippen LogP contribution in [0.4, 0.5) is 11.4 Å². The monoisotopic (exact) mass is 401 g/mol. The molecule has 0 aromatic heterocycles. The fourth-order valence-electron chi connectivity index (χ4n) is 3.22. The van der Waals surface area contributed by atoms with Crippen LogP contribution in [-0.4, -0.2) is 39.6 Å². The molecule has 2 aromatic carbocycles. The van der Waals surface area contributed by atoms with Crippen molar-refractivity contribution in [2.24, 2.45) is 0 Å². The number of nitrogens with zero attached hydrogens (tertiary/aromatic N) is 1. The van der Waals surface area contributed by atoms with E-state index in [1.165, 1.54) is 10.6 Å². The van der Waals surface area contributed by atoms with Crippen LogP contribution in [0.5, 0.6) is 0 Å². The molecule has 3 rings (SSSR count). The number of aryl methyl sites for hydroxylation is 1. The molecule has 0 fully saturated rings. The van der Waals surface area contributed by atoms with E-state index < -0.39 is 21.8 Å². The molecule has 0 spiro atoms. The number of nitrogens with one attached hydrogen (secondary N) is 2. The van der Waals surface area contributed by atoms with Gasteiger partial charge in [-0.1, -0.05) is 30.3 Å². The van der Waals surface area contributed by atoms with Crippen LogP contribution in [0.15, 0.2) is 48.5 Å². The first-order chi connectivity index (χ1) is 13.3. The lowest BCUT2D eigenvalue weighted by molar-refractivity contribution is -0.136. The molecule has 8 heteroatoms. The second-order valence-electron chi connectivity index (χ2n) is 6.73. The highest BCUT2D eigenvalue weighted by Gasteiger charge is 2.24. The number of hydrogen-bond donors (Lipinski definition) is 2. The van der Waals surface area contributed by atoms with Gasteiger partial charge in [0.15, 0.2) is 0 Å². The van der Waals surface area contributed by atoms with Crippen LogP contribution in [-0.2, 0) is 32.5 Å². The lowest BCUT2D eigenvalue weighted by Crippen LogP contribution is -2.36. The summed E-state index contributed by atoms with van der Waals surface area (Å²) < 4.78 is 25.2. The molecule has 0 radical (unpaired) electrons. The summed E-state index contributed by atoms with van der Waals surface area (Å²) >= 11 is 0. The molecule has 7 nitrogen and oxygen atoms in total. The largest absolute Gasteiger partial charge is 0.347 e. The van der Waals surface area contributed by atoms with Crippen molar-refractivity contribution in [3.8, 4) is 0 Å². The zero-order valence-corrected chi connectivity index (χ0v) is 16.5. The number of carbonyl (C=O) groups is 2. The number of sulfonamides is 1.